The number of hydrazone groups is 1. The molecule has 15 heavy (non-hydrogen) atoms. The van der Waals surface area contributed by atoms with E-state index in [4.69, 9.17) is 5.73 Å². The number of carbonyl (C=O) groups is 1. The molecule has 0 fully saturated rings. The summed E-state index contributed by atoms with van der Waals surface area (Å²) in [6.07, 6.45) is 2.49. The lowest BCUT2D eigenvalue weighted by atomic mass is 9.97. The zero-order chi connectivity index (χ0) is 11.4. The van der Waals surface area contributed by atoms with Crippen LogP contribution >= 0.6 is 0 Å². The highest BCUT2D eigenvalue weighted by atomic mass is 16.2. The monoisotopic (exact) mass is 211 g/mol. The zero-order valence-corrected chi connectivity index (χ0v) is 9.86. The number of nitrogens with two attached hydrogens (primary N) is 1. The van der Waals surface area contributed by atoms with Crippen molar-refractivity contribution in [3.8, 4) is 0 Å². The number of carbonyl (C=O) groups excluding carboxylic acids is 1. The quantitative estimate of drug-likeness (QED) is 0.746. The SMILES string of the molecule is CCC1=NN(C(C)CC)C(=O)C1CCN. The molecule has 1 amide bonds. The highest BCUT2D eigenvalue weighted by Crippen LogP contribution is 2.23. The van der Waals surface area contributed by atoms with Gasteiger partial charge in [-0.3, -0.25) is 4.79 Å². The third-order valence-electron chi connectivity index (χ3n) is 2.99. The van der Waals surface area contributed by atoms with E-state index >= 15 is 0 Å². The molecular weight excluding hydrogens is 190 g/mol. The summed E-state index contributed by atoms with van der Waals surface area (Å²) in [4.78, 5) is 12.0. The number of nitrogens with zero attached hydrogens (tertiary/aromatic N) is 2. The maximum Gasteiger partial charge on any atom is 0.251 e. The maximum atomic E-state index is 12.0. The molecule has 0 aromatic heterocycles. The van der Waals surface area contributed by atoms with Crippen LogP contribution in [0.5, 0.6) is 0 Å². The first-order chi connectivity index (χ1) is 7.15. The summed E-state index contributed by atoms with van der Waals surface area (Å²) >= 11 is 0. The number of rotatable bonds is 5. The zero-order valence-electron chi connectivity index (χ0n) is 9.86. The van der Waals surface area contributed by atoms with Crippen molar-refractivity contribution in [2.75, 3.05) is 6.54 Å². The molecule has 2 unspecified atom stereocenters. The molecule has 4 nitrogen and oxygen atoms in total. The molecule has 0 aromatic rings. The van der Waals surface area contributed by atoms with E-state index in [9.17, 15) is 4.79 Å². The van der Waals surface area contributed by atoms with E-state index in [0.717, 1.165) is 25.0 Å². The van der Waals surface area contributed by atoms with Gasteiger partial charge in [0.1, 0.15) is 0 Å². The molecule has 1 rings (SSSR count). The molecule has 0 saturated carbocycles. The van der Waals surface area contributed by atoms with Gasteiger partial charge in [0.05, 0.1) is 17.7 Å². The van der Waals surface area contributed by atoms with Crippen molar-refractivity contribution in [2.45, 2.75) is 46.1 Å². The van der Waals surface area contributed by atoms with Crippen molar-refractivity contribution in [2.24, 2.45) is 16.8 Å². The summed E-state index contributed by atoms with van der Waals surface area (Å²) in [5.74, 6) is 0.0700. The minimum atomic E-state index is -0.0611. The van der Waals surface area contributed by atoms with Crippen LogP contribution in [0.25, 0.3) is 0 Å². The summed E-state index contributed by atoms with van der Waals surface area (Å²) in [6, 6.07) is 0.196. The highest BCUT2D eigenvalue weighted by molar-refractivity contribution is 6.07. The Bertz CT molecular complexity index is 263. The Morgan fingerprint density at radius 3 is 2.67 bits per heavy atom. The van der Waals surface area contributed by atoms with Gasteiger partial charge in [-0.05, 0) is 32.7 Å². The molecule has 1 aliphatic heterocycles. The van der Waals surface area contributed by atoms with Crippen LogP contribution in [0.4, 0.5) is 0 Å². The Morgan fingerprint density at radius 1 is 1.53 bits per heavy atom. The molecule has 0 aromatic carbocycles. The molecular formula is C11H21N3O. The van der Waals surface area contributed by atoms with E-state index in [-0.39, 0.29) is 17.9 Å². The van der Waals surface area contributed by atoms with E-state index in [0.29, 0.717) is 6.54 Å². The van der Waals surface area contributed by atoms with Crippen LogP contribution in [0, 0.1) is 5.92 Å². The third kappa shape index (κ3) is 2.37. The summed E-state index contributed by atoms with van der Waals surface area (Å²) in [5.41, 5.74) is 6.51. The minimum Gasteiger partial charge on any atom is -0.330 e. The molecule has 0 spiro atoms. The van der Waals surface area contributed by atoms with Gasteiger partial charge in [-0.2, -0.15) is 5.10 Å². The predicted octanol–water partition coefficient (Wildman–Crippen LogP) is 1.36. The Labute approximate surface area is 91.5 Å². The summed E-state index contributed by atoms with van der Waals surface area (Å²) in [5, 5.41) is 6.04. The van der Waals surface area contributed by atoms with Crippen molar-refractivity contribution >= 4 is 11.6 Å². The first kappa shape index (κ1) is 12.2. The van der Waals surface area contributed by atoms with E-state index in [1.54, 1.807) is 5.01 Å². The fourth-order valence-corrected chi connectivity index (χ4v) is 1.82. The topological polar surface area (TPSA) is 58.7 Å². The van der Waals surface area contributed by atoms with Gasteiger partial charge in [-0.25, -0.2) is 5.01 Å². The van der Waals surface area contributed by atoms with Gasteiger partial charge >= 0.3 is 0 Å². The van der Waals surface area contributed by atoms with Crippen LogP contribution in [-0.4, -0.2) is 29.2 Å². The number of amides is 1. The average Bonchev–Trinajstić information content (AvgIpc) is 2.56. The van der Waals surface area contributed by atoms with Crippen LogP contribution in [0.2, 0.25) is 0 Å². The second-order valence-corrected chi connectivity index (χ2v) is 4.01. The molecule has 0 bridgehead atoms. The van der Waals surface area contributed by atoms with Crippen molar-refractivity contribution in [3.05, 3.63) is 0 Å². The first-order valence-electron chi connectivity index (χ1n) is 5.76. The van der Waals surface area contributed by atoms with Gasteiger partial charge in [0.15, 0.2) is 0 Å². The summed E-state index contributed by atoms with van der Waals surface area (Å²) in [7, 11) is 0. The largest absolute Gasteiger partial charge is 0.330 e. The van der Waals surface area contributed by atoms with Crippen LogP contribution < -0.4 is 5.73 Å². The van der Waals surface area contributed by atoms with Gasteiger partial charge in [-0.15, -0.1) is 0 Å². The molecule has 0 saturated heterocycles. The van der Waals surface area contributed by atoms with Crippen LogP contribution in [0.1, 0.15) is 40.0 Å². The lowest BCUT2D eigenvalue weighted by molar-refractivity contribution is -0.133. The molecule has 1 aliphatic rings. The Balaban J connectivity index is 2.79. The second-order valence-electron chi connectivity index (χ2n) is 4.01. The minimum absolute atomic E-state index is 0.0611. The smallest absolute Gasteiger partial charge is 0.251 e. The molecule has 0 radical (unpaired) electrons. The van der Waals surface area contributed by atoms with Crippen LogP contribution in [0.3, 0.4) is 0 Å². The van der Waals surface area contributed by atoms with Crippen molar-refractivity contribution in [1.29, 1.82) is 0 Å². The second kappa shape index (κ2) is 5.26. The van der Waals surface area contributed by atoms with Gasteiger partial charge in [-0.1, -0.05) is 13.8 Å². The van der Waals surface area contributed by atoms with Crippen LogP contribution in [-0.2, 0) is 4.79 Å². The lowest BCUT2D eigenvalue weighted by Crippen LogP contribution is -2.34. The van der Waals surface area contributed by atoms with Gasteiger partial charge in [0.25, 0.3) is 5.91 Å². The molecule has 1 heterocycles. The number of hydrogen-bond acceptors (Lipinski definition) is 3. The molecule has 0 aliphatic carbocycles. The van der Waals surface area contributed by atoms with Gasteiger partial charge < -0.3 is 5.73 Å². The molecule has 4 heteroatoms. The average molecular weight is 211 g/mol. The van der Waals surface area contributed by atoms with E-state index in [1.165, 1.54) is 0 Å². The first-order valence-corrected chi connectivity index (χ1v) is 5.76. The standard InChI is InChI=1S/C11H21N3O/c1-4-8(3)14-11(15)9(6-7-12)10(5-2)13-14/h8-9H,4-7,12H2,1-3H3. The van der Waals surface area contributed by atoms with E-state index in [2.05, 4.69) is 12.0 Å². The van der Waals surface area contributed by atoms with E-state index < -0.39 is 0 Å². The van der Waals surface area contributed by atoms with Crippen molar-refractivity contribution in [3.63, 3.8) is 0 Å². The maximum absolute atomic E-state index is 12.0. The summed E-state index contributed by atoms with van der Waals surface area (Å²) in [6.45, 7) is 6.67. The molecule has 2 N–H and O–H groups in total. The van der Waals surface area contributed by atoms with Crippen molar-refractivity contribution in [1.82, 2.24) is 5.01 Å². The summed E-state index contributed by atoms with van der Waals surface area (Å²) < 4.78 is 0. The van der Waals surface area contributed by atoms with Crippen molar-refractivity contribution < 1.29 is 4.79 Å². The molecule has 2 atom stereocenters. The third-order valence-corrected chi connectivity index (χ3v) is 2.99. The predicted molar refractivity (Wildman–Crippen MR) is 61.5 cm³/mol. The van der Waals surface area contributed by atoms with E-state index in [1.807, 2.05) is 13.8 Å². The molecule has 86 valence electrons. The number of hydrogen-bond donors (Lipinski definition) is 1. The van der Waals surface area contributed by atoms with Gasteiger partial charge in [0, 0.05) is 0 Å². The Kier molecular flexibility index (Phi) is 4.27. The highest BCUT2D eigenvalue weighted by Gasteiger charge is 2.35. The lowest BCUT2D eigenvalue weighted by Gasteiger charge is -2.20. The Hall–Kier alpha value is -0.900. The Morgan fingerprint density at radius 2 is 2.20 bits per heavy atom. The van der Waals surface area contributed by atoms with Gasteiger partial charge in [0.2, 0.25) is 0 Å². The van der Waals surface area contributed by atoms with Crippen LogP contribution in [0.15, 0.2) is 5.10 Å². The fourth-order valence-electron chi connectivity index (χ4n) is 1.82. The normalized spacial score (nSPS) is 23.2. The fraction of sp³-hybridized carbons (Fsp3) is 0.818.